The number of aromatic nitrogens is 4. The predicted molar refractivity (Wildman–Crippen MR) is 142 cm³/mol. The molecule has 1 aliphatic heterocycles. The summed E-state index contributed by atoms with van der Waals surface area (Å²) < 4.78 is 69.2. The number of alkyl halides is 3. The molecule has 0 bridgehead atoms. The largest absolute Gasteiger partial charge is 0.494 e. The Morgan fingerprint density at radius 3 is 2.66 bits per heavy atom. The molecular weight excluding hydrogens is 565 g/mol. The Kier molecular flexibility index (Phi) is 7.12. The van der Waals surface area contributed by atoms with Gasteiger partial charge in [-0.1, -0.05) is 6.07 Å². The summed E-state index contributed by atoms with van der Waals surface area (Å²) in [5.74, 6) is -1.24. The molecule has 2 N–H and O–H groups in total. The monoisotopic (exact) mass is 594 g/mol. The van der Waals surface area contributed by atoms with Crippen molar-refractivity contribution in [1.82, 2.24) is 24.9 Å². The van der Waals surface area contributed by atoms with E-state index in [2.05, 4.69) is 20.8 Å². The fraction of sp³-hybridized carbons (Fsp3) is 0.462. The van der Waals surface area contributed by atoms with Gasteiger partial charge in [-0.25, -0.2) is 8.42 Å². The number of sulfone groups is 1. The second-order valence-corrected chi connectivity index (χ2v) is 12.7. The molecule has 5 rings (SSSR count). The van der Waals surface area contributed by atoms with E-state index in [0.717, 1.165) is 23.1 Å². The molecule has 3 aromatic rings. The number of nitrogens with one attached hydrogen (secondary N) is 2. The molecule has 0 saturated heterocycles. The van der Waals surface area contributed by atoms with E-state index in [4.69, 9.17) is 4.74 Å². The van der Waals surface area contributed by atoms with Crippen LogP contribution < -0.4 is 15.4 Å². The predicted octanol–water partition coefficient (Wildman–Crippen LogP) is 2.75. The van der Waals surface area contributed by atoms with Crippen LogP contribution in [-0.4, -0.2) is 64.6 Å². The summed E-state index contributed by atoms with van der Waals surface area (Å²) in [7, 11) is -1.90. The minimum Gasteiger partial charge on any atom is -0.494 e. The second kappa shape index (κ2) is 10.2. The van der Waals surface area contributed by atoms with Gasteiger partial charge in [-0.3, -0.25) is 14.3 Å². The highest BCUT2D eigenvalue weighted by molar-refractivity contribution is 7.91. The lowest BCUT2D eigenvalue weighted by Gasteiger charge is -2.35. The van der Waals surface area contributed by atoms with E-state index >= 15 is 0 Å². The van der Waals surface area contributed by atoms with Crippen LogP contribution in [0.3, 0.4) is 0 Å². The summed E-state index contributed by atoms with van der Waals surface area (Å²) in [6.45, 7) is 1.76. The third-order valence-corrected chi connectivity index (χ3v) is 8.05. The van der Waals surface area contributed by atoms with Crippen LogP contribution in [0.5, 0.6) is 5.75 Å². The summed E-state index contributed by atoms with van der Waals surface area (Å²) in [4.78, 5) is 26.2. The van der Waals surface area contributed by atoms with Crippen LogP contribution in [0.25, 0.3) is 5.82 Å². The van der Waals surface area contributed by atoms with E-state index in [1.807, 2.05) is 6.92 Å². The van der Waals surface area contributed by atoms with Crippen molar-refractivity contribution in [1.29, 1.82) is 0 Å². The molecule has 15 heteroatoms. The van der Waals surface area contributed by atoms with Crippen molar-refractivity contribution in [2.45, 2.75) is 50.7 Å². The average Bonchev–Trinajstić information content (AvgIpc) is 3.49. The molecule has 41 heavy (non-hydrogen) atoms. The normalized spacial score (nSPS) is 18.2. The molecule has 1 aliphatic carbocycles. The maximum atomic E-state index is 13.6. The fourth-order valence-corrected chi connectivity index (χ4v) is 5.91. The fourth-order valence-electron chi connectivity index (χ4n) is 5.36. The number of anilines is 1. The number of ether oxygens (including phenoxy) is 1. The molecule has 0 fully saturated rings. The van der Waals surface area contributed by atoms with Gasteiger partial charge in [-0.2, -0.15) is 28.1 Å². The first-order valence-electron chi connectivity index (χ1n) is 12.9. The zero-order valence-corrected chi connectivity index (χ0v) is 23.4. The molecule has 2 amide bonds. The maximum absolute atomic E-state index is 13.6. The molecule has 1 atom stereocenters. The highest BCUT2D eigenvalue weighted by atomic mass is 32.2. The van der Waals surface area contributed by atoms with Crippen molar-refractivity contribution < 1.29 is 35.9 Å². The molecular formula is C26H29F3N6O5S. The minimum absolute atomic E-state index is 0.0277. The number of rotatable bonds is 8. The molecule has 11 nitrogen and oxygen atoms in total. The molecule has 220 valence electrons. The first-order chi connectivity index (χ1) is 19.1. The molecule has 0 radical (unpaired) electrons. The number of aryl methyl sites for hydroxylation is 3. The number of amides is 2. The summed E-state index contributed by atoms with van der Waals surface area (Å²) >= 11 is 0. The first kappa shape index (κ1) is 28.6. The number of nitrogens with zero attached hydrogens (tertiary/aromatic N) is 4. The number of hydrogen-bond acceptors (Lipinski definition) is 7. The molecule has 2 aliphatic rings. The molecule has 3 heterocycles. The van der Waals surface area contributed by atoms with Gasteiger partial charge in [-0.05, 0) is 49.4 Å². The lowest BCUT2D eigenvalue weighted by Crippen LogP contribution is -2.49. The number of carbonyl (C=O) groups excluding carboxylic acids is 2. The van der Waals surface area contributed by atoms with E-state index in [0.29, 0.717) is 36.5 Å². The van der Waals surface area contributed by atoms with Crippen molar-refractivity contribution >= 4 is 27.5 Å². The second-order valence-electron chi connectivity index (χ2n) is 10.6. The quantitative estimate of drug-likeness (QED) is 0.383. The standard InChI is InChI=1S/C26H29F3N6O5S/c1-15-11-20(33-34(15)2)35-23(30-21(36)14-41(3,38)39)22-19(32-35)13-25(31-24(22)37)9-7-16-12-17(5-6-18(16)25)40-10-4-8-26(27,28)29/h5-6,11-12H,4,7-10,13-14H2,1-3H3,(H,30,36)(H,31,37)/t25-/m0/s1. The summed E-state index contributed by atoms with van der Waals surface area (Å²) in [6, 6.07) is 6.98. The molecule has 0 saturated carbocycles. The number of fused-ring (bicyclic) bond motifs is 3. The lowest BCUT2D eigenvalue weighted by atomic mass is 9.82. The zero-order valence-electron chi connectivity index (χ0n) is 22.6. The molecule has 1 spiro atoms. The smallest absolute Gasteiger partial charge is 0.389 e. The van der Waals surface area contributed by atoms with Gasteiger partial charge in [0.05, 0.1) is 17.8 Å². The van der Waals surface area contributed by atoms with Gasteiger partial charge in [0.1, 0.15) is 17.1 Å². The van der Waals surface area contributed by atoms with E-state index in [-0.39, 0.29) is 24.4 Å². The molecule has 2 aromatic heterocycles. The molecule has 0 unspecified atom stereocenters. The van der Waals surface area contributed by atoms with Crippen LogP contribution >= 0.6 is 0 Å². The Balaban J connectivity index is 1.45. The Bertz CT molecular complexity index is 1630. The van der Waals surface area contributed by atoms with Crippen LogP contribution in [0.2, 0.25) is 0 Å². The van der Waals surface area contributed by atoms with Crippen molar-refractivity contribution in [3.05, 3.63) is 52.3 Å². The SMILES string of the molecule is Cc1cc(-n2nc3c(c2NC(=O)CS(C)(=O)=O)C(=O)N[C@@]2(CCc4cc(OCCCC(F)(F)F)ccc42)C3)nn1C. The Morgan fingerprint density at radius 2 is 2.00 bits per heavy atom. The van der Waals surface area contributed by atoms with Gasteiger partial charge in [0.15, 0.2) is 21.5 Å². The van der Waals surface area contributed by atoms with Crippen LogP contribution in [0.4, 0.5) is 19.0 Å². The van der Waals surface area contributed by atoms with Crippen molar-refractivity contribution in [2.24, 2.45) is 7.05 Å². The maximum Gasteiger partial charge on any atom is 0.389 e. The number of hydrogen-bond donors (Lipinski definition) is 2. The Morgan fingerprint density at radius 1 is 1.24 bits per heavy atom. The van der Waals surface area contributed by atoms with Crippen molar-refractivity contribution in [3.63, 3.8) is 0 Å². The average molecular weight is 595 g/mol. The number of carbonyl (C=O) groups is 2. The van der Waals surface area contributed by atoms with Gasteiger partial charge in [0, 0.05) is 37.9 Å². The Labute approximate surface area is 234 Å². The molecule has 1 aromatic carbocycles. The van der Waals surface area contributed by atoms with Gasteiger partial charge >= 0.3 is 6.18 Å². The lowest BCUT2D eigenvalue weighted by molar-refractivity contribution is -0.136. The number of benzene rings is 1. The summed E-state index contributed by atoms with van der Waals surface area (Å²) in [5.41, 5.74) is 2.30. The minimum atomic E-state index is -4.23. The van der Waals surface area contributed by atoms with E-state index in [1.54, 1.807) is 36.0 Å². The summed E-state index contributed by atoms with van der Waals surface area (Å²) in [6.07, 6.45) is -2.92. The van der Waals surface area contributed by atoms with E-state index in [9.17, 15) is 31.2 Å². The van der Waals surface area contributed by atoms with Crippen LogP contribution in [0, 0.1) is 6.92 Å². The highest BCUT2D eigenvalue weighted by Crippen LogP contribution is 2.44. The first-order valence-corrected chi connectivity index (χ1v) is 15.0. The van der Waals surface area contributed by atoms with Crippen molar-refractivity contribution in [3.8, 4) is 11.6 Å². The van der Waals surface area contributed by atoms with Crippen LogP contribution in [0.15, 0.2) is 24.3 Å². The topological polar surface area (TPSA) is 137 Å². The van der Waals surface area contributed by atoms with Crippen molar-refractivity contribution in [2.75, 3.05) is 23.9 Å². The Hall–Kier alpha value is -3.88. The van der Waals surface area contributed by atoms with Gasteiger partial charge in [-0.15, -0.1) is 0 Å². The van der Waals surface area contributed by atoms with Crippen LogP contribution in [0.1, 0.15) is 52.1 Å². The third kappa shape index (κ3) is 5.94. The highest BCUT2D eigenvalue weighted by Gasteiger charge is 2.47. The third-order valence-electron chi connectivity index (χ3n) is 7.26. The van der Waals surface area contributed by atoms with Gasteiger partial charge in [0.2, 0.25) is 5.91 Å². The number of halogens is 3. The zero-order chi connectivity index (χ0) is 29.7. The van der Waals surface area contributed by atoms with E-state index in [1.165, 1.54) is 4.68 Å². The summed E-state index contributed by atoms with van der Waals surface area (Å²) in [5, 5.41) is 14.7. The van der Waals surface area contributed by atoms with Gasteiger partial charge < -0.3 is 15.4 Å². The van der Waals surface area contributed by atoms with E-state index < -0.39 is 45.5 Å². The van der Waals surface area contributed by atoms with Gasteiger partial charge in [0.25, 0.3) is 5.91 Å². The van der Waals surface area contributed by atoms with Crippen LogP contribution in [-0.2, 0) is 40.1 Å².